The van der Waals surface area contributed by atoms with Crippen LogP contribution in [0.4, 0.5) is 0 Å². The molecule has 0 radical (unpaired) electrons. The Bertz CT molecular complexity index is 370. The minimum absolute atomic E-state index is 0.120. The molecule has 1 atom stereocenters. The fraction of sp³-hybridized carbons (Fsp3) is 0.667. The summed E-state index contributed by atoms with van der Waals surface area (Å²) in [6, 6.07) is 0. The van der Waals surface area contributed by atoms with Gasteiger partial charge < -0.3 is 14.3 Å². The minimum Gasteiger partial charge on any atom is -0.471 e. The number of aryl methyl sites for hydroxylation is 2. The van der Waals surface area contributed by atoms with Crippen molar-refractivity contribution in [2.24, 2.45) is 7.05 Å². The summed E-state index contributed by atoms with van der Waals surface area (Å²) in [5.74, 6) is 0.689. The van der Waals surface area contributed by atoms with Crippen LogP contribution in [0.1, 0.15) is 24.8 Å². The second-order valence-corrected chi connectivity index (χ2v) is 4.30. The molecule has 2 rings (SSSR count). The van der Waals surface area contributed by atoms with Gasteiger partial charge in [0.05, 0.1) is 13.2 Å². The highest BCUT2D eigenvalue weighted by molar-refractivity contribution is 5.49. The highest BCUT2D eigenvalue weighted by Crippen LogP contribution is 2.21. The van der Waals surface area contributed by atoms with Gasteiger partial charge >= 0.3 is 0 Å². The maximum atomic E-state index is 10.3. The fourth-order valence-corrected chi connectivity index (χ4v) is 1.93. The van der Waals surface area contributed by atoms with E-state index >= 15 is 0 Å². The Morgan fingerprint density at radius 3 is 3.29 bits per heavy atom. The lowest BCUT2D eigenvalue weighted by Crippen LogP contribution is -2.16. The zero-order chi connectivity index (χ0) is 12.1. The van der Waals surface area contributed by atoms with Crippen LogP contribution in [0.3, 0.4) is 0 Å². The summed E-state index contributed by atoms with van der Waals surface area (Å²) in [4.78, 5) is 10.3. The number of carbonyl (C=O) groups excluding carboxylic acids is 1. The molecule has 1 fully saturated rings. The zero-order valence-corrected chi connectivity index (χ0v) is 10.1. The molecular weight excluding hydrogens is 220 g/mol. The van der Waals surface area contributed by atoms with Gasteiger partial charge in [-0.05, 0) is 12.8 Å². The van der Waals surface area contributed by atoms with Crippen LogP contribution in [0, 0.1) is 0 Å². The highest BCUT2D eigenvalue weighted by Gasteiger charge is 2.20. The maximum Gasteiger partial charge on any atom is 0.236 e. The van der Waals surface area contributed by atoms with Crippen molar-refractivity contribution < 1.29 is 14.3 Å². The van der Waals surface area contributed by atoms with Crippen molar-refractivity contribution in [3.63, 3.8) is 0 Å². The van der Waals surface area contributed by atoms with E-state index in [1.54, 1.807) is 4.68 Å². The zero-order valence-electron chi connectivity index (χ0n) is 10.1. The predicted octanol–water partition coefficient (Wildman–Crippen LogP) is 1.11. The first kappa shape index (κ1) is 12.1. The van der Waals surface area contributed by atoms with Crippen molar-refractivity contribution in [2.45, 2.75) is 31.8 Å². The van der Waals surface area contributed by atoms with Crippen LogP contribution in [-0.4, -0.2) is 35.4 Å². The van der Waals surface area contributed by atoms with E-state index in [9.17, 15) is 4.79 Å². The summed E-state index contributed by atoms with van der Waals surface area (Å²) in [7, 11) is 1.88. The van der Waals surface area contributed by atoms with Crippen LogP contribution in [-0.2, 0) is 23.0 Å². The smallest absolute Gasteiger partial charge is 0.236 e. The van der Waals surface area contributed by atoms with Gasteiger partial charge in [0, 0.05) is 31.6 Å². The molecule has 0 aliphatic carbocycles. The van der Waals surface area contributed by atoms with Crippen LogP contribution < -0.4 is 4.74 Å². The molecule has 17 heavy (non-hydrogen) atoms. The lowest BCUT2D eigenvalue weighted by Gasteiger charge is -2.10. The average molecular weight is 238 g/mol. The van der Waals surface area contributed by atoms with Crippen LogP contribution in [0.25, 0.3) is 0 Å². The number of aldehydes is 1. The van der Waals surface area contributed by atoms with E-state index in [1.165, 1.54) is 0 Å². The van der Waals surface area contributed by atoms with Crippen LogP contribution in [0.15, 0.2) is 6.20 Å². The van der Waals surface area contributed by atoms with Crippen LogP contribution in [0.5, 0.6) is 5.88 Å². The third-order valence-electron chi connectivity index (χ3n) is 2.80. The Balaban J connectivity index is 1.96. The molecular formula is C12H18N2O3. The molecule has 1 aromatic rings. The Labute approximate surface area is 101 Å². The normalized spacial score (nSPS) is 19.5. The third kappa shape index (κ3) is 3.30. The molecule has 1 aliphatic heterocycles. The summed E-state index contributed by atoms with van der Waals surface area (Å²) in [5, 5.41) is 4.30. The molecule has 5 heteroatoms. The first-order valence-electron chi connectivity index (χ1n) is 6.00. The first-order chi connectivity index (χ1) is 8.29. The molecule has 0 aromatic carbocycles. The number of hydrogen-bond acceptors (Lipinski definition) is 4. The van der Waals surface area contributed by atoms with Crippen LogP contribution in [0.2, 0.25) is 0 Å². The topological polar surface area (TPSA) is 53.4 Å². The molecule has 1 aromatic heterocycles. The second-order valence-electron chi connectivity index (χ2n) is 4.30. The molecule has 1 aliphatic rings. The molecule has 0 saturated carbocycles. The van der Waals surface area contributed by atoms with Gasteiger partial charge in [0.25, 0.3) is 0 Å². The van der Waals surface area contributed by atoms with E-state index < -0.39 is 0 Å². The van der Waals surface area contributed by atoms with Gasteiger partial charge in [-0.25, -0.2) is 0 Å². The summed E-state index contributed by atoms with van der Waals surface area (Å²) in [6.07, 6.45) is 6.19. The molecule has 94 valence electrons. The Morgan fingerprint density at radius 1 is 1.71 bits per heavy atom. The SMILES string of the molecule is Cn1cc(CCCC=O)c(OC2CCOC2)n1. The molecule has 0 amide bonds. The summed E-state index contributed by atoms with van der Waals surface area (Å²) in [6.45, 7) is 1.41. The molecule has 2 heterocycles. The van der Waals surface area contributed by atoms with Gasteiger partial charge in [-0.3, -0.25) is 4.68 Å². The van der Waals surface area contributed by atoms with Crippen molar-refractivity contribution in [3.05, 3.63) is 11.8 Å². The van der Waals surface area contributed by atoms with E-state index in [0.717, 1.165) is 37.7 Å². The molecule has 1 saturated heterocycles. The van der Waals surface area contributed by atoms with E-state index in [-0.39, 0.29) is 6.10 Å². The first-order valence-corrected chi connectivity index (χ1v) is 6.00. The van der Waals surface area contributed by atoms with Crippen molar-refractivity contribution >= 4 is 6.29 Å². The number of unbranched alkanes of at least 4 members (excludes halogenated alkanes) is 1. The minimum atomic E-state index is 0.120. The molecule has 0 bridgehead atoms. The van der Waals surface area contributed by atoms with Gasteiger partial charge in [0.2, 0.25) is 5.88 Å². The fourth-order valence-electron chi connectivity index (χ4n) is 1.93. The number of carbonyl (C=O) groups is 1. The van der Waals surface area contributed by atoms with Crippen molar-refractivity contribution in [1.82, 2.24) is 9.78 Å². The largest absolute Gasteiger partial charge is 0.471 e. The van der Waals surface area contributed by atoms with E-state index in [1.807, 2.05) is 13.2 Å². The van der Waals surface area contributed by atoms with Crippen molar-refractivity contribution in [2.75, 3.05) is 13.2 Å². The van der Waals surface area contributed by atoms with E-state index in [4.69, 9.17) is 9.47 Å². The average Bonchev–Trinajstić information content (AvgIpc) is 2.90. The van der Waals surface area contributed by atoms with Crippen LogP contribution >= 0.6 is 0 Å². The Hall–Kier alpha value is -1.36. The van der Waals surface area contributed by atoms with E-state index in [2.05, 4.69) is 5.10 Å². The Morgan fingerprint density at radius 2 is 2.59 bits per heavy atom. The third-order valence-corrected chi connectivity index (χ3v) is 2.80. The van der Waals surface area contributed by atoms with Crippen molar-refractivity contribution in [1.29, 1.82) is 0 Å². The van der Waals surface area contributed by atoms with Gasteiger partial charge in [-0.2, -0.15) is 0 Å². The van der Waals surface area contributed by atoms with E-state index in [0.29, 0.717) is 18.9 Å². The number of ether oxygens (including phenoxy) is 2. The molecule has 1 unspecified atom stereocenters. The van der Waals surface area contributed by atoms with Gasteiger partial charge in [-0.1, -0.05) is 0 Å². The lowest BCUT2D eigenvalue weighted by molar-refractivity contribution is -0.107. The second kappa shape index (κ2) is 5.82. The van der Waals surface area contributed by atoms with Gasteiger partial charge in [-0.15, -0.1) is 5.10 Å². The standard InChI is InChI=1S/C12H18N2O3/c1-14-8-10(4-2-3-6-15)12(13-14)17-11-5-7-16-9-11/h6,8,11H,2-5,7,9H2,1H3. The number of aromatic nitrogens is 2. The van der Waals surface area contributed by atoms with Crippen molar-refractivity contribution in [3.8, 4) is 5.88 Å². The summed E-state index contributed by atoms with van der Waals surface area (Å²) in [5.41, 5.74) is 1.07. The molecule has 0 N–H and O–H groups in total. The molecule has 5 nitrogen and oxygen atoms in total. The number of nitrogens with zero attached hydrogens (tertiary/aromatic N) is 2. The monoisotopic (exact) mass is 238 g/mol. The quantitative estimate of drug-likeness (QED) is 0.550. The maximum absolute atomic E-state index is 10.3. The van der Waals surface area contributed by atoms with Gasteiger partial charge in [0.15, 0.2) is 0 Å². The molecule has 0 spiro atoms. The summed E-state index contributed by atoms with van der Waals surface area (Å²) < 4.78 is 12.8. The summed E-state index contributed by atoms with van der Waals surface area (Å²) >= 11 is 0. The van der Waals surface area contributed by atoms with Gasteiger partial charge in [0.1, 0.15) is 12.4 Å². The predicted molar refractivity (Wildman–Crippen MR) is 62.1 cm³/mol. The Kier molecular flexibility index (Phi) is 4.14. The highest BCUT2D eigenvalue weighted by atomic mass is 16.5. The number of rotatable bonds is 6. The number of hydrogen-bond donors (Lipinski definition) is 0. The lowest BCUT2D eigenvalue weighted by atomic mass is 10.1.